The number of amides is 1. The molecule has 0 fully saturated rings. The lowest BCUT2D eigenvalue weighted by Gasteiger charge is -2.35. The van der Waals surface area contributed by atoms with E-state index in [4.69, 9.17) is 16.3 Å². The van der Waals surface area contributed by atoms with Crippen molar-refractivity contribution in [3.8, 4) is 5.75 Å². The summed E-state index contributed by atoms with van der Waals surface area (Å²) in [5, 5.41) is 0.552. The van der Waals surface area contributed by atoms with Crippen LogP contribution >= 0.6 is 23.4 Å². The highest BCUT2D eigenvalue weighted by atomic mass is 35.5. The molecule has 3 rings (SSSR count). The van der Waals surface area contributed by atoms with Crippen molar-refractivity contribution in [3.05, 3.63) is 41.4 Å². The van der Waals surface area contributed by atoms with Crippen molar-refractivity contribution in [2.45, 2.75) is 62.2 Å². The molecule has 0 radical (unpaired) electrons. The molecule has 1 amide bonds. The predicted octanol–water partition coefficient (Wildman–Crippen LogP) is 6.89. The molecule has 0 aromatic heterocycles. The highest BCUT2D eigenvalue weighted by molar-refractivity contribution is 7.98. The van der Waals surface area contributed by atoms with Gasteiger partial charge in [0.25, 0.3) is 0 Å². The molecule has 0 atom stereocenters. The third kappa shape index (κ3) is 5.20. The van der Waals surface area contributed by atoms with Gasteiger partial charge in [0, 0.05) is 16.8 Å². The largest absolute Gasteiger partial charge is 0.496 e. The predicted molar refractivity (Wildman–Crippen MR) is 137 cm³/mol. The minimum absolute atomic E-state index is 0.135. The van der Waals surface area contributed by atoms with E-state index in [1.54, 1.807) is 41.3 Å². The third-order valence-corrected chi connectivity index (χ3v) is 9.21. The summed E-state index contributed by atoms with van der Waals surface area (Å²) < 4.78 is 33.1. The van der Waals surface area contributed by atoms with E-state index in [1.807, 2.05) is 6.26 Å². The summed E-state index contributed by atoms with van der Waals surface area (Å²) >= 11 is 7.58. The SMILES string of the molecule is CCCCC1(CCCC)CS(=O)(=O)c2cc(OC)c(SC)cc2N(c2ccc(Cl)cc2)C1=O. The monoisotopic (exact) mass is 509 g/mol. The Morgan fingerprint density at radius 3 is 2.21 bits per heavy atom. The first-order valence-corrected chi connectivity index (χ1v) is 14.6. The summed E-state index contributed by atoms with van der Waals surface area (Å²) in [6.07, 6.45) is 6.32. The summed E-state index contributed by atoms with van der Waals surface area (Å²) in [7, 11) is -2.24. The Bertz CT molecular complexity index is 1090. The fourth-order valence-corrected chi connectivity index (χ4v) is 7.23. The first kappa shape index (κ1) is 25.9. The molecule has 1 aliphatic heterocycles. The van der Waals surface area contributed by atoms with E-state index in [9.17, 15) is 13.2 Å². The number of benzene rings is 2. The topological polar surface area (TPSA) is 63.7 Å². The highest BCUT2D eigenvalue weighted by Gasteiger charge is 2.49. The molecule has 0 saturated carbocycles. The van der Waals surface area contributed by atoms with Crippen LogP contribution < -0.4 is 9.64 Å². The van der Waals surface area contributed by atoms with E-state index in [0.717, 1.165) is 30.6 Å². The lowest BCUT2D eigenvalue weighted by Crippen LogP contribution is -2.44. The first-order valence-electron chi connectivity index (χ1n) is 11.3. The molecular weight excluding hydrogens is 478 g/mol. The highest BCUT2D eigenvalue weighted by Crippen LogP contribution is 2.48. The smallest absolute Gasteiger partial charge is 0.238 e. The molecule has 8 heteroatoms. The van der Waals surface area contributed by atoms with Gasteiger partial charge in [0.2, 0.25) is 5.91 Å². The Kier molecular flexibility index (Phi) is 8.40. The van der Waals surface area contributed by atoms with Gasteiger partial charge in [-0.2, -0.15) is 0 Å². The number of methoxy groups -OCH3 is 1. The molecule has 0 unspecified atom stereocenters. The summed E-state index contributed by atoms with van der Waals surface area (Å²) in [5.74, 6) is 0.131. The Morgan fingerprint density at radius 2 is 1.70 bits per heavy atom. The summed E-state index contributed by atoms with van der Waals surface area (Å²) in [6, 6.07) is 10.3. The number of fused-ring (bicyclic) bond motifs is 1. The molecular formula is C25H32ClNO4S2. The van der Waals surface area contributed by atoms with Crippen LogP contribution in [0.15, 0.2) is 46.2 Å². The van der Waals surface area contributed by atoms with Crippen LogP contribution in [-0.4, -0.2) is 33.4 Å². The number of anilines is 2. The zero-order valence-electron chi connectivity index (χ0n) is 19.7. The molecule has 5 nitrogen and oxygen atoms in total. The molecule has 0 bridgehead atoms. The fourth-order valence-electron chi connectivity index (χ4n) is 4.48. The summed E-state index contributed by atoms with van der Waals surface area (Å²) in [5.41, 5.74) is -0.00400. The molecule has 180 valence electrons. The minimum Gasteiger partial charge on any atom is -0.496 e. The quantitative estimate of drug-likeness (QED) is 0.344. The Hall–Kier alpha value is -1.70. The van der Waals surface area contributed by atoms with Crippen molar-refractivity contribution < 1.29 is 17.9 Å². The number of carbonyl (C=O) groups is 1. The van der Waals surface area contributed by atoms with E-state index < -0.39 is 15.3 Å². The van der Waals surface area contributed by atoms with Gasteiger partial charge in [0.1, 0.15) is 5.75 Å². The normalized spacial score (nSPS) is 16.9. The van der Waals surface area contributed by atoms with Crippen molar-refractivity contribution in [1.82, 2.24) is 0 Å². The van der Waals surface area contributed by atoms with Crippen LogP contribution in [-0.2, 0) is 14.6 Å². The summed E-state index contributed by atoms with van der Waals surface area (Å²) in [4.78, 5) is 16.9. The molecule has 1 heterocycles. The van der Waals surface area contributed by atoms with Gasteiger partial charge in [0.05, 0.1) is 33.8 Å². The second-order valence-electron chi connectivity index (χ2n) is 8.54. The van der Waals surface area contributed by atoms with Crippen molar-refractivity contribution in [2.75, 3.05) is 24.0 Å². The van der Waals surface area contributed by atoms with E-state index >= 15 is 0 Å². The van der Waals surface area contributed by atoms with Gasteiger partial charge in [-0.25, -0.2) is 8.42 Å². The maximum atomic E-state index is 14.4. The van der Waals surface area contributed by atoms with E-state index in [0.29, 0.717) is 35.0 Å². The number of halogens is 1. The number of thioether (sulfide) groups is 1. The van der Waals surface area contributed by atoms with Crippen molar-refractivity contribution in [1.29, 1.82) is 0 Å². The maximum absolute atomic E-state index is 14.4. The molecule has 0 spiro atoms. The van der Waals surface area contributed by atoms with Crippen LogP contribution in [0.3, 0.4) is 0 Å². The van der Waals surface area contributed by atoms with Crippen molar-refractivity contribution in [3.63, 3.8) is 0 Å². The molecule has 0 saturated heterocycles. The minimum atomic E-state index is -3.76. The first-order chi connectivity index (χ1) is 15.7. The zero-order valence-corrected chi connectivity index (χ0v) is 22.1. The van der Waals surface area contributed by atoms with Gasteiger partial charge in [-0.05, 0) is 49.4 Å². The van der Waals surface area contributed by atoms with Crippen LogP contribution in [0.5, 0.6) is 5.75 Å². The molecule has 0 aliphatic carbocycles. The van der Waals surface area contributed by atoms with Crippen LogP contribution in [0, 0.1) is 5.41 Å². The zero-order chi connectivity index (χ0) is 24.2. The van der Waals surface area contributed by atoms with Gasteiger partial charge in [-0.15, -0.1) is 11.8 Å². The Balaban J connectivity index is 2.35. The number of sulfone groups is 1. The maximum Gasteiger partial charge on any atom is 0.238 e. The van der Waals surface area contributed by atoms with Crippen LogP contribution in [0.4, 0.5) is 11.4 Å². The molecule has 33 heavy (non-hydrogen) atoms. The fraction of sp³-hybridized carbons (Fsp3) is 0.480. The van der Waals surface area contributed by atoms with E-state index in [1.165, 1.54) is 18.9 Å². The number of nitrogens with zero attached hydrogens (tertiary/aromatic N) is 1. The second-order valence-corrected chi connectivity index (χ2v) is 11.8. The number of hydrogen-bond donors (Lipinski definition) is 0. The van der Waals surface area contributed by atoms with Crippen LogP contribution in [0.2, 0.25) is 5.02 Å². The van der Waals surface area contributed by atoms with Gasteiger partial charge in [-0.1, -0.05) is 51.1 Å². The average molecular weight is 510 g/mol. The van der Waals surface area contributed by atoms with Gasteiger partial charge < -0.3 is 4.74 Å². The van der Waals surface area contributed by atoms with Crippen molar-refractivity contribution in [2.24, 2.45) is 5.41 Å². The lowest BCUT2D eigenvalue weighted by molar-refractivity contribution is -0.127. The number of hydrogen-bond acceptors (Lipinski definition) is 5. The number of ether oxygens (including phenoxy) is 1. The Morgan fingerprint density at radius 1 is 1.09 bits per heavy atom. The van der Waals surface area contributed by atoms with Gasteiger partial charge in [0.15, 0.2) is 9.84 Å². The number of rotatable bonds is 9. The van der Waals surface area contributed by atoms with Gasteiger partial charge in [-0.3, -0.25) is 9.69 Å². The number of unbranched alkanes of at least 4 members (excludes halogenated alkanes) is 2. The van der Waals surface area contributed by atoms with Crippen LogP contribution in [0.1, 0.15) is 52.4 Å². The average Bonchev–Trinajstić information content (AvgIpc) is 2.87. The van der Waals surface area contributed by atoms with E-state index in [2.05, 4.69) is 13.8 Å². The van der Waals surface area contributed by atoms with Gasteiger partial charge >= 0.3 is 0 Å². The summed E-state index contributed by atoms with van der Waals surface area (Å²) in [6.45, 7) is 4.12. The molecule has 1 aliphatic rings. The second kappa shape index (κ2) is 10.7. The Labute approximate surface area is 206 Å². The molecule has 0 N–H and O–H groups in total. The standard InChI is InChI=1S/C25H32ClNO4S2/c1-5-7-13-25(14-8-6-2)17-33(29,30)23-16-21(31-3)22(32-4)15-20(23)27(24(25)28)19-11-9-18(26)10-12-19/h9-12,15-16H,5-8,13-14,17H2,1-4H3. The molecule has 2 aromatic carbocycles. The van der Waals surface area contributed by atoms with Crippen LogP contribution in [0.25, 0.3) is 0 Å². The third-order valence-electron chi connectivity index (χ3n) is 6.27. The molecule has 2 aromatic rings. The van der Waals surface area contributed by atoms with Crippen molar-refractivity contribution >= 4 is 50.5 Å². The number of carbonyl (C=O) groups excluding carboxylic acids is 1. The van der Waals surface area contributed by atoms with E-state index in [-0.39, 0.29) is 16.6 Å². The lowest BCUT2D eigenvalue weighted by atomic mass is 9.78.